The molecule has 0 unspecified atom stereocenters. The fourth-order valence-corrected chi connectivity index (χ4v) is 5.23. The monoisotopic (exact) mass is 474 g/mol. The normalized spacial score (nSPS) is 17.2. The molecule has 0 aromatic carbocycles. The van der Waals surface area contributed by atoms with Crippen molar-refractivity contribution in [1.82, 2.24) is 29.4 Å². The quantitative estimate of drug-likeness (QED) is 0.526. The Morgan fingerprint density at radius 3 is 2.54 bits per heavy atom. The van der Waals surface area contributed by atoms with Gasteiger partial charge in [-0.15, -0.1) is 0 Å². The molecule has 2 saturated heterocycles. The fraction of sp³-hybridized carbons (Fsp3) is 0.556. The summed E-state index contributed by atoms with van der Waals surface area (Å²) >= 11 is 0. The molecule has 8 heteroatoms. The predicted molar refractivity (Wildman–Crippen MR) is 141 cm³/mol. The van der Waals surface area contributed by atoms with Crippen molar-refractivity contribution in [3.63, 3.8) is 0 Å². The average molecular weight is 475 g/mol. The van der Waals surface area contributed by atoms with E-state index < -0.39 is 0 Å². The molecule has 0 atom stereocenters. The minimum absolute atomic E-state index is 0.399. The van der Waals surface area contributed by atoms with E-state index in [2.05, 4.69) is 68.4 Å². The molecule has 2 N–H and O–H groups in total. The molecule has 8 nitrogen and oxygen atoms in total. The Morgan fingerprint density at radius 2 is 1.86 bits per heavy atom. The Labute approximate surface area is 208 Å². The molecule has 0 spiro atoms. The Kier molecular flexibility index (Phi) is 7.00. The minimum Gasteiger partial charge on any atom is -0.383 e. The SMILES string of the molecule is CCc1c(N)ncnc1N1CCC(c2nc(-c3ccnc(C(C)C)c3)cn2CCN2CCC2)CC1. The number of anilines is 2. The van der Waals surface area contributed by atoms with Gasteiger partial charge < -0.3 is 20.1 Å². The van der Waals surface area contributed by atoms with E-state index >= 15 is 0 Å². The first-order chi connectivity index (χ1) is 17.0. The summed E-state index contributed by atoms with van der Waals surface area (Å²) < 4.78 is 2.42. The summed E-state index contributed by atoms with van der Waals surface area (Å²) in [6.45, 7) is 12.9. The minimum atomic E-state index is 0.399. The van der Waals surface area contributed by atoms with Crippen LogP contribution >= 0.6 is 0 Å². The number of rotatable bonds is 8. The average Bonchev–Trinajstić information content (AvgIpc) is 3.27. The molecule has 3 aromatic heterocycles. The number of hydrogen-bond acceptors (Lipinski definition) is 7. The second-order valence-corrected chi connectivity index (χ2v) is 10.2. The molecular weight excluding hydrogens is 436 g/mol. The Hall–Kier alpha value is -3.00. The number of hydrogen-bond donors (Lipinski definition) is 1. The van der Waals surface area contributed by atoms with Gasteiger partial charge in [0.05, 0.1) is 5.69 Å². The molecule has 2 fully saturated rings. The highest BCUT2D eigenvalue weighted by Gasteiger charge is 2.27. The highest BCUT2D eigenvalue weighted by Crippen LogP contribution is 2.33. The van der Waals surface area contributed by atoms with Crippen LogP contribution in [0.2, 0.25) is 0 Å². The molecule has 5 heterocycles. The lowest BCUT2D eigenvalue weighted by atomic mass is 9.95. The summed E-state index contributed by atoms with van der Waals surface area (Å²) in [7, 11) is 0. The first kappa shape index (κ1) is 23.7. The van der Waals surface area contributed by atoms with Gasteiger partial charge in [-0.05, 0) is 56.8 Å². The number of nitrogens with two attached hydrogens (primary N) is 1. The van der Waals surface area contributed by atoms with Crippen molar-refractivity contribution < 1.29 is 0 Å². The van der Waals surface area contributed by atoms with Crippen molar-refractivity contribution in [1.29, 1.82) is 0 Å². The largest absolute Gasteiger partial charge is 0.383 e. The molecule has 35 heavy (non-hydrogen) atoms. The van der Waals surface area contributed by atoms with Crippen molar-refractivity contribution >= 4 is 11.6 Å². The number of aromatic nitrogens is 5. The van der Waals surface area contributed by atoms with E-state index in [0.717, 1.165) is 73.8 Å². The van der Waals surface area contributed by atoms with E-state index in [0.29, 0.717) is 17.7 Å². The molecule has 5 rings (SSSR count). The van der Waals surface area contributed by atoms with E-state index in [9.17, 15) is 0 Å². The van der Waals surface area contributed by atoms with Gasteiger partial charge in [-0.25, -0.2) is 15.0 Å². The van der Waals surface area contributed by atoms with Crippen molar-refractivity contribution in [3.05, 3.63) is 47.9 Å². The van der Waals surface area contributed by atoms with Gasteiger partial charge in [0.15, 0.2) is 0 Å². The van der Waals surface area contributed by atoms with Crippen LogP contribution in [0.5, 0.6) is 0 Å². The van der Waals surface area contributed by atoms with Crippen LogP contribution in [0.4, 0.5) is 11.6 Å². The van der Waals surface area contributed by atoms with Gasteiger partial charge in [-0.2, -0.15) is 0 Å². The van der Waals surface area contributed by atoms with Crippen molar-refractivity contribution in [2.24, 2.45) is 0 Å². The summed E-state index contributed by atoms with van der Waals surface area (Å²) in [6.07, 6.45) is 10.0. The molecule has 0 aliphatic carbocycles. The van der Waals surface area contributed by atoms with Gasteiger partial charge in [0.1, 0.15) is 23.8 Å². The third-order valence-corrected chi connectivity index (χ3v) is 7.55. The first-order valence-electron chi connectivity index (χ1n) is 13.1. The zero-order valence-electron chi connectivity index (χ0n) is 21.3. The van der Waals surface area contributed by atoms with E-state index in [1.807, 2.05) is 6.20 Å². The van der Waals surface area contributed by atoms with E-state index in [-0.39, 0.29) is 0 Å². The summed E-state index contributed by atoms with van der Waals surface area (Å²) in [5, 5.41) is 0. The molecule has 0 radical (unpaired) electrons. The third-order valence-electron chi connectivity index (χ3n) is 7.55. The maximum absolute atomic E-state index is 6.14. The third kappa shape index (κ3) is 5.03. The Balaban J connectivity index is 1.37. The maximum Gasteiger partial charge on any atom is 0.137 e. The van der Waals surface area contributed by atoms with Gasteiger partial charge in [-0.3, -0.25) is 4.98 Å². The summed E-state index contributed by atoms with van der Waals surface area (Å²) in [5.74, 6) is 3.66. The smallest absolute Gasteiger partial charge is 0.137 e. The Bertz CT molecular complexity index is 1140. The molecule has 2 aliphatic rings. The van der Waals surface area contributed by atoms with Crippen LogP contribution in [-0.4, -0.2) is 62.1 Å². The van der Waals surface area contributed by atoms with Crippen LogP contribution in [0, 0.1) is 0 Å². The predicted octanol–water partition coefficient (Wildman–Crippen LogP) is 4.09. The van der Waals surface area contributed by atoms with Crippen LogP contribution in [0.3, 0.4) is 0 Å². The maximum atomic E-state index is 6.14. The highest BCUT2D eigenvalue weighted by molar-refractivity contribution is 5.59. The van der Waals surface area contributed by atoms with E-state index in [4.69, 9.17) is 10.7 Å². The molecule has 0 bridgehead atoms. The summed E-state index contributed by atoms with van der Waals surface area (Å²) in [6, 6.07) is 4.29. The summed E-state index contributed by atoms with van der Waals surface area (Å²) in [4.78, 5) is 23.5. The lowest BCUT2D eigenvalue weighted by Crippen LogP contribution is -2.39. The number of nitrogens with zero attached hydrogens (tertiary/aromatic N) is 7. The fourth-order valence-electron chi connectivity index (χ4n) is 5.23. The topological polar surface area (TPSA) is 89.0 Å². The highest BCUT2D eigenvalue weighted by atomic mass is 15.2. The molecule has 0 saturated carbocycles. The van der Waals surface area contributed by atoms with Gasteiger partial charge in [0.2, 0.25) is 0 Å². The van der Waals surface area contributed by atoms with Gasteiger partial charge in [0.25, 0.3) is 0 Å². The summed E-state index contributed by atoms with van der Waals surface area (Å²) in [5.41, 5.74) is 10.5. The second kappa shape index (κ2) is 10.3. The van der Waals surface area contributed by atoms with Crippen molar-refractivity contribution in [2.45, 2.75) is 64.8 Å². The molecule has 0 amide bonds. The number of imidazole rings is 1. The lowest BCUT2D eigenvalue weighted by Gasteiger charge is -2.34. The van der Waals surface area contributed by atoms with Crippen molar-refractivity contribution in [2.75, 3.05) is 43.4 Å². The van der Waals surface area contributed by atoms with Gasteiger partial charge in [-0.1, -0.05) is 20.8 Å². The number of likely N-dealkylation sites (tertiary alicyclic amines) is 1. The van der Waals surface area contributed by atoms with Crippen LogP contribution in [0.15, 0.2) is 30.9 Å². The molecule has 2 aliphatic heterocycles. The Morgan fingerprint density at radius 1 is 1.06 bits per heavy atom. The van der Waals surface area contributed by atoms with Crippen molar-refractivity contribution in [3.8, 4) is 11.3 Å². The zero-order chi connectivity index (χ0) is 24.4. The number of piperidine rings is 1. The standard InChI is InChI=1S/C27H38N8/c1-4-22-25(28)30-18-31-27(22)34-12-7-20(8-13-34)26-32-24(17-35(26)15-14-33-10-5-11-33)21-6-9-29-23(16-21)19(2)3/h6,9,16-20H,4-5,7-8,10-15H2,1-3H3,(H2,28,30,31). The van der Waals surface area contributed by atoms with E-state index in [1.165, 1.54) is 25.3 Å². The van der Waals surface area contributed by atoms with Gasteiger partial charge >= 0.3 is 0 Å². The molecular formula is C27H38N8. The van der Waals surface area contributed by atoms with Crippen LogP contribution in [0.25, 0.3) is 11.3 Å². The van der Waals surface area contributed by atoms with Crippen LogP contribution in [0.1, 0.15) is 69.0 Å². The lowest BCUT2D eigenvalue weighted by molar-refractivity contribution is 0.173. The first-order valence-corrected chi connectivity index (χ1v) is 13.1. The van der Waals surface area contributed by atoms with Crippen LogP contribution < -0.4 is 10.6 Å². The van der Waals surface area contributed by atoms with Crippen LogP contribution in [-0.2, 0) is 13.0 Å². The molecule has 186 valence electrons. The molecule has 3 aromatic rings. The van der Waals surface area contributed by atoms with Gasteiger partial charge in [0, 0.05) is 61.3 Å². The second-order valence-electron chi connectivity index (χ2n) is 10.2. The van der Waals surface area contributed by atoms with E-state index in [1.54, 1.807) is 6.33 Å². The number of nitrogen functional groups attached to an aromatic ring is 1. The zero-order valence-corrected chi connectivity index (χ0v) is 21.3. The number of pyridine rings is 1.